The second kappa shape index (κ2) is 12.4. The van der Waals surface area contributed by atoms with Crippen LogP contribution >= 0.6 is 24.0 Å². The number of hydrogen-bond acceptors (Lipinski definition) is 4. The number of ether oxygens (including phenoxy) is 1. The highest BCUT2D eigenvalue weighted by Gasteiger charge is 2.23. The molecule has 0 spiro atoms. The molecular weight excluding hydrogens is 512 g/mol. The van der Waals surface area contributed by atoms with Crippen LogP contribution in [0.25, 0.3) is 0 Å². The first-order valence-electron chi connectivity index (χ1n) is 10.1. The van der Waals surface area contributed by atoms with Gasteiger partial charge in [-0.1, -0.05) is 6.07 Å². The van der Waals surface area contributed by atoms with Crippen molar-refractivity contribution in [3.05, 3.63) is 54.0 Å². The normalized spacial score (nSPS) is 14.5. The minimum absolute atomic E-state index is 0. The van der Waals surface area contributed by atoms with E-state index < -0.39 is 0 Å². The summed E-state index contributed by atoms with van der Waals surface area (Å²) < 4.78 is 18.6. The number of aliphatic imine (C=N–C) groups is 1. The second-order valence-electron chi connectivity index (χ2n) is 7.27. The van der Waals surface area contributed by atoms with Crippen molar-refractivity contribution >= 4 is 35.8 Å². The summed E-state index contributed by atoms with van der Waals surface area (Å²) in [6.45, 7) is 2.35. The molecule has 1 fully saturated rings. The van der Waals surface area contributed by atoms with Crippen molar-refractivity contribution in [1.82, 2.24) is 20.5 Å². The molecule has 0 unspecified atom stereocenters. The standard InChI is InChI=1S/C22H28FN5O2.HI/c1-24-20(29)13-16-9-11-28(12-10-16)22(25-2)27-15-17-3-8-21(26-14-17)30-19-6-4-18(23)5-7-19;/h3-8,14,16H,9-13,15H2,1-2H3,(H,24,29)(H,25,27);1H. The molecule has 0 atom stereocenters. The molecule has 0 saturated carbocycles. The molecule has 9 heteroatoms. The summed E-state index contributed by atoms with van der Waals surface area (Å²) in [6, 6.07) is 9.54. The molecule has 0 aliphatic carbocycles. The third-order valence-corrected chi connectivity index (χ3v) is 5.16. The van der Waals surface area contributed by atoms with Gasteiger partial charge < -0.3 is 20.3 Å². The first-order chi connectivity index (χ1) is 14.6. The molecule has 1 aliphatic rings. The lowest BCUT2D eigenvalue weighted by molar-refractivity contribution is -0.121. The number of amides is 1. The maximum Gasteiger partial charge on any atom is 0.220 e. The summed E-state index contributed by atoms with van der Waals surface area (Å²) in [5.41, 5.74) is 0.997. The van der Waals surface area contributed by atoms with Crippen molar-refractivity contribution in [2.45, 2.75) is 25.8 Å². The maximum absolute atomic E-state index is 13.0. The van der Waals surface area contributed by atoms with E-state index in [2.05, 4.69) is 25.5 Å². The van der Waals surface area contributed by atoms with Crippen LogP contribution in [0.1, 0.15) is 24.8 Å². The minimum Gasteiger partial charge on any atom is -0.439 e. The monoisotopic (exact) mass is 541 g/mol. The van der Waals surface area contributed by atoms with Gasteiger partial charge in [-0.25, -0.2) is 9.37 Å². The van der Waals surface area contributed by atoms with E-state index in [0.29, 0.717) is 30.5 Å². The van der Waals surface area contributed by atoms with Crippen molar-refractivity contribution in [2.24, 2.45) is 10.9 Å². The van der Waals surface area contributed by atoms with Crippen LogP contribution < -0.4 is 15.4 Å². The summed E-state index contributed by atoms with van der Waals surface area (Å²) in [6.07, 6.45) is 4.29. The van der Waals surface area contributed by atoms with Gasteiger partial charge in [0.1, 0.15) is 11.6 Å². The Balaban J connectivity index is 0.00000341. The molecule has 1 aliphatic heterocycles. The van der Waals surface area contributed by atoms with Crippen LogP contribution in [-0.4, -0.2) is 48.9 Å². The number of nitrogens with one attached hydrogen (secondary N) is 2. The molecule has 1 saturated heterocycles. The van der Waals surface area contributed by atoms with Gasteiger partial charge in [0.05, 0.1) is 0 Å². The summed E-state index contributed by atoms with van der Waals surface area (Å²) in [5.74, 6) is 2.07. The highest BCUT2D eigenvalue weighted by atomic mass is 127. The maximum atomic E-state index is 13.0. The van der Waals surface area contributed by atoms with Gasteiger partial charge in [0.2, 0.25) is 11.8 Å². The van der Waals surface area contributed by atoms with Crippen molar-refractivity contribution in [1.29, 1.82) is 0 Å². The lowest BCUT2D eigenvalue weighted by atomic mass is 9.93. The first-order valence-corrected chi connectivity index (χ1v) is 10.1. The summed E-state index contributed by atoms with van der Waals surface area (Å²) in [5, 5.41) is 6.07. The number of pyridine rings is 1. The molecule has 0 bridgehead atoms. The Labute approximate surface area is 199 Å². The lowest BCUT2D eigenvalue weighted by Crippen LogP contribution is -2.45. The highest BCUT2D eigenvalue weighted by Crippen LogP contribution is 2.21. The molecule has 1 aromatic heterocycles. The zero-order chi connectivity index (χ0) is 21.3. The fraction of sp³-hybridized carbons (Fsp3) is 0.409. The number of halogens is 2. The fourth-order valence-corrected chi connectivity index (χ4v) is 3.43. The topological polar surface area (TPSA) is 78.9 Å². The van der Waals surface area contributed by atoms with Gasteiger partial charge in [0, 0.05) is 52.4 Å². The van der Waals surface area contributed by atoms with Gasteiger partial charge in [-0.15, -0.1) is 24.0 Å². The van der Waals surface area contributed by atoms with Gasteiger partial charge in [-0.3, -0.25) is 9.79 Å². The van der Waals surface area contributed by atoms with Gasteiger partial charge in [0.15, 0.2) is 5.96 Å². The molecule has 2 aromatic rings. The molecule has 31 heavy (non-hydrogen) atoms. The third kappa shape index (κ3) is 7.64. The number of nitrogens with zero attached hydrogens (tertiary/aromatic N) is 3. The molecule has 7 nitrogen and oxygen atoms in total. The average Bonchev–Trinajstić information content (AvgIpc) is 2.78. The fourth-order valence-electron chi connectivity index (χ4n) is 3.43. The van der Waals surface area contributed by atoms with Crippen LogP contribution in [0, 0.1) is 11.7 Å². The molecule has 1 aromatic carbocycles. The Bertz CT molecular complexity index is 853. The SMILES string of the molecule is CN=C(NCc1ccc(Oc2ccc(F)cc2)nc1)N1CCC(CC(=O)NC)CC1.I. The van der Waals surface area contributed by atoms with Crippen molar-refractivity contribution < 1.29 is 13.9 Å². The molecule has 0 radical (unpaired) electrons. The van der Waals surface area contributed by atoms with E-state index >= 15 is 0 Å². The Morgan fingerprint density at radius 2 is 1.94 bits per heavy atom. The number of aromatic nitrogens is 1. The van der Waals surface area contributed by atoms with Crippen LogP contribution in [0.4, 0.5) is 4.39 Å². The van der Waals surface area contributed by atoms with Gasteiger partial charge >= 0.3 is 0 Å². The summed E-state index contributed by atoms with van der Waals surface area (Å²) in [7, 11) is 3.45. The van der Waals surface area contributed by atoms with Crippen molar-refractivity contribution in [3.8, 4) is 11.6 Å². The minimum atomic E-state index is -0.305. The van der Waals surface area contributed by atoms with E-state index in [0.717, 1.165) is 37.5 Å². The van der Waals surface area contributed by atoms with E-state index in [1.165, 1.54) is 12.1 Å². The van der Waals surface area contributed by atoms with Gasteiger partial charge in [0.25, 0.3) is 0 Å². The molecule has 2 N–H and O–H groups in total. The highest BCUT2D eigenvalue weighted by molar-refractivity contribution is 14.0. The Morgan fingerprint density at radius 3 is 2.52 bits per heavy atom. The number of piperidine rings is 1. The Kier molecular flexibility index (Phi) is 9.96. The molecule has 3 rings (SSSR count). The van der Waals surface area contributed by atoms with E-state index in [1.54, 1.807) is 38.5 Å². The summed E-state index contributed by atoms with van der Waals surface area (Å²) >= 11 is 0. The van der Waals surface area contributed by atoms with Gasteiger partial charge in [-0.2, -0.15) is 0 Å². The van der Waals surface area contributed by atoms with Crippen LogP contribution in [0.5, 0.6) is 11.6 Å². The number of carbonyl (C=O) groups excluding carboxylic acids is 1. The molecular formula is C22H29FIN5O2. The van der Waals surface area contributed by atoms with E-state index in [-0.39, 0.29) is 35.7 Å². The van der Waals surface area contributed by atoms with E-state index in [1.807, 2.05) is 6.07 Å². The average molecular weight is 541 g/mol. The van der Waals surface area contributed by atoms with Crippen LogP contribution in [0.2, 0.25) is 0 Å². The van der Waals surface area contributed by atoms with Crippen molar-refractivity contribution in [2.75, 3.05) is 27.2 Å². The third-order valence-electron chi connectivity index (χ3n) is 5.16. The first kappa shape index (κ1) is 24.8. The lowest BCUT2D eigenvalue weighted by Gasteiger charge is -2.34. The van der Waals surface area contributed by atoms with Gasteiger partial charge in [-0.05, 0) is 48.6 Å². The quantitative estimate of drug-likeness (QED) is 0.333. The molecule has 2 heterocycles. The number of rotatable bonds is 6. The predicted octanol–water partition coefficient (Wildman–Crippen LogP) is 3.55. The number of hydrogen-bond donors (Lipinski definition) is 2. The Hall–Kier alpha value is -2.43. The van der Waals surface area contributed by atoms with Crippen LogP contribution in [0.3, 0.4) is 0 Å². The molecule has 1 amide bonds. The smallest absolute Gasteiger partial charge is 0.220 e. The number of guanidine groups is 1. The van der Waals surface area contributed by atoms with Crippen molar-refractivity contribution in [3.63, 3.8) is 0 Å². The largest absolute Gasteiger partial charge is 0.439 e. The zero-order valence-corrected chi connectivity index (χ0v) is 20.1. The number of carbonyl (C=O) groups is 1. The number of benzene rings is 1. The van der Waals surface area contributed by atoms with Crippen LogP contribution in [-0.2, 0) is 11.3 Å². The second-order valence-corrected chi connectivity index (χ2v) is 7.27. The zero-order valence-electron chi connectivity index (χ0n) is 17.8. The Morgan fingerprint density at radius 1 is 1.23 bits per heavy atom. The van der Waals surface area contributed by atoms with E-state index in [9.17, 15) is 9.18 Å². The summed E-state index contributed by atoms with van der Waals surface area (Å²) in [4.78, 5) is 22.5. The predicted molar refractivity (Wildman–Crippen MR) is 129 cm³/mol. The number of likely N-dealkylation sites (tertiary alicyclic amines) is 1. The van der Waals surface area contributed by atoms with Crippen LogP contribution in [0.15, 0.2) is 47.6 Å². The molecule has 168 valence electrons. The van der Waals surface area contributed by atoms with E-state index in [4.69, 9.17) is 4.74 Å².